The first-order valence-corrected chi connectivity index (χ1v) is 12.9. The summed E-state index contributed by atoms with van der Waals surface area (Å²) >= 11 is 0. The summed E-state index contributed by atoms with van der Waals surface area (Å²) < 4.78 is 22.1. The molecule has 1 saturated heterocycles. The van der Waals surface area contributed by atoms with Crippen LogP contribution in [-0.2, 0) is 45.2 Å². The Labute approximate surface area is 225 Å². The highest BCUT2D eigenvalue weighted by molar-refractivity contribution is 5.88. The summed E-state index contributed by atoms with van der Waals surface area (Å²) in [4.78, 5) is 62.3. The van der Waals surface area contributed by atoms with Crippen molar-refractivity contribution in [2.24, 2.45) is 0 Å². The molecular formula is C28H31NO10. The summed E-state index contributed by atoms with van der Waals surface area (Å²) in [6.07, 6.45) is -0.405. The molecule has 208 valence electrons. The predicted octanol–water partition coefficient (Wildman–Crippen LogP) is 1.16. The van der Waals surface area contributed by atoms with Crippen LogP contribution in [-0.4, -0.2) is 83.5 Å². The van der Waals surface area contributed by atoms with Crippen LogP contribution in [0, 0.1) is 0 Å². The number of ether oxygens (including phenoxy) is 4. The number of hydrogen-bond donors (Lipinski definition) is 1. The van der Waals surface area contributed by atoms with Gasteiger partial charge in [0.1, 0.15) is 11.5 Å². The zero-order valence-electron chi connectivity index (χ0n) is 22.2. The molecule has 0 amide bonds. The Hall–Kier alpha value is -3.57. The highest BCUT2D eigenvalue weighted by atomic mass is 16.6. The highest BCUT2D eigenvalue weighted by Crippen LogP contribution is 2.64. The molecule has 6 atom stereocenters. The fourth-order valence-corrected chi connectivity index (χ4v) is 6.68. The second-order valence-electron chi connectivity index (χ2n) is 10.8. The highest BCUT2D eigenvalue weighted by Gasteiger charge is 2.72. The smallest absolute Gasteiger partial charge is 0.352 e. The Morgan fingerprint density at radius 1 is 1.23 bits per heavy atom. The Morgan fingerprint density at radius 2 is 1.97 bits per heavy atom. The maximum Gasteiger partial charge on any atom is 0.352 e. The van der Waals surface area contributed by atoms with Crippen molar-refractivity contribution in [2.75, 3.05) is 13.6 Å². The summed E-state index contributed by atoms with van der Waals surface area (Å²) in [7, 11) is 1.97. The summed E-state index contributed by atoms with van der Waals surface area (Å²) in [5.74, 6) is -2.47. The van der Waals surface area contributed by atoms with Gasteiger partial charge in [-0.15, -0.1) is 0 Å². The van der Waals surface area contributed by atoms with E-state index in [2.05, 4.69) is 4.90 Å². The van der Waals surface area contributed by atoms with Crippen molar-refractivity contribution in [3.63, 3.8) is 0 Å². The fourth-order valence-electron chi connectivity index (χ4n) is 6.68. The average Bonchev–Trinajstić information content (AvgIpc) is 3.22. The number of piperidine rings is 1. The maximum atomic E-state index is 13.0. The van der Waals surface area contributed by atoms with Crippen LogP contribution in [0.1, 0.15) is 61.5 Å². The number of aldehydes is 1. The Kier molecular flexibility index (Phi) is 6.62. The van der Waals surface area contributed by atoms with Gasteiger partial charge < -0.3 is 29.0 Å². The molecule has 0 saturated carbocycles. The van der Waals surface area contributed by atoms with Crippen molar-refractivity contribution in [2.45, 2.75) is 81.8 Å². The molecule has 4 aliphatic rings. The molecule has 1 aromatic rings. The largest absolute Gasteiger partial charge is 0.480 e. The van der Waals surface area contributed by atoms with Gasteiger partial charge >= 0.3 is 17.9 Å². The van der Waals surface area contributed by atoms with Crippen LogP contribution in [0.5, 0.6) is 5.75 Å². The number of benzene rings is 1. The standard InChI is InChI=1S/C28H31NO10/c1-14(31)20(37-16(3)32)12-22(33)36-15(2)26(34)38-19-7-8-28(35)21-11-17-5-6-18(13-30)24-23(17)27(28,25(19)39-24)9-10-29(21)4/h5-7,13,15,20-21,25,35H,8-12H2,1-4H3/t15-,20-,21+,25-,27-,28+/m0/s1. The van der Waals surface area contributed by atoms with Gasteiger partial charge in [0.05, 0.1) is 23.0 Å². The SMILES string of the molecule is CC(=O)O[C@@H](CC(=O)O[C@@H](C)C(=O)OC1=CC[C@@]2(O)[C@H]3Cc4ccc(C=O)c5c4[C@@]2(CCN3C)[C@H]1O5)C(C)=O. The van der Waals surface area contributed by atoms with Gasteiger partial charge in [0.15, 0.2) is 30.4 Å². The average molecular weight is 542 g/mol. The number of nitrogens with zero attached hydrogens (tertiary/aromatic N) is 1. The maximum absolute atomic E-state index is 13.0. The topological polar surface area (TPSA) is 146 Å². The third kappa shape index (κ3) is 4.06. The van der Waals surface area contributed by atoms with Crippen molar-refractivity contribution in [1.82, 2.24) is 4.90 Å². The lowest BCUT2D eigenvalue weighted by atomic mass is 9.50. The van der Waals surface area contributed by atoms with Crippen LogP contribution in [0.25, 0.3) is 0 Å². The van der Waals surface area contributed by atoms with Crippen molar-refractivity contribution in [3.8, 4) is 5.75 Å². The first kappa shape index (κ1) is 27.0. The van der Waals surface area contributed by atoms with E-state index < -0.39 is 59.4 Å². The van der Waals surface area contributed by atoms with E-state index in [-0.39, 0.29) is 18.2 Å². The van der Waals surface area contributed by atoms with Gasteiger partial charge in [-0.2, -0.15) is 0 Å². The van der Waals surface area contributed by atoms with Crippen LogP contribution >= 0.6 is 0 Å². The monoisotopic (exact) mass is 541 g/mol. The number of hydrogen-bond acceptors (Lipinski definition) is 11. The molecule has 2 aliphatic heterocycles. The molecule has 1 N–H and O–H groups in total. The summed E-state index contributed by atoms with van der Waals surface area (Å²) in [5.41, 5.74) is 0.0113. The van der Waals surface area contributed by atoms with E-state index in [9.17, 15) is 29.1 Å². The van der Waals surface area contributed by atoms with Crippen molar-refractivity contribution in [1.29, 1.82) is 0 Å². The third-order valence-corrected chi connectivity index (χ3v) is 8.50. The number of carbonyl (C=O) groups is 5. The van der Waals surface area contributed by atoms with Crippen molar-refractivity contribution < 1.29 is 48.0 Å². The fraction of sp³-hybridized carbons (Fsp3) is 0.536. The minimum Gasteiger partial charge on any atom is -0.480 e. The lowest BCUT2D eigenvalue weighted by molar-refractivity contribution is -0.176. The number of likely N-dealkylation sites (N-methyl/N-ethyl adjacent to an activating group) is 1. The summed E-state index contributed by atoms with van der Waals surface area (Å²) in [5, 5.41) is 12.2. The van der Waals surface area contributed by atoms with Gasteiger partial charge in [0.25, 0.3) is 0 Å². The van der Waals surface area contributed by atoms with E-state index >= 15 is 0 Å². The molecule has 2 aliphatic carbocycles. The number of ketones is 1. The molecule has 0 aromatic heterocycles. The summed E-state index contributed by atoms with van der Waals surface area (Å²) in [6, 6.07) is 3.41. The number of rotatable bonds is 8. The molecule has 1 aromatic carbocycles. The number of Topliss-reactive ketones (excluding diaryl/α,β-unsaturated/α-hetero) is 1. The van der Waals surface area contributed by atoms with Gasteiger partial charge in [-0.05, 0) is 58.0 Å². The number of esters is 3. The Balaban J connectivity index is 1.39. The molecule has 2 bridgehead atoms. The van der Waals surface area contributed by atoms with Gasteiger partial charge in [0.2, 0.25) is 0 Å². The van der Waals surface area contributed by atoms with Crippen LogP contribution in [0.15, 0.2) is 24.0 Å². The zero-order chi connectivity index (χ0) is 28.3. The zero-order valence-corrected chi connectivity index (χ0v) is 22.2. The molecule has 2 heterocycles. The van der Waals surface area contributed by atoms with Gasteiger partial charge in [-0.25, -0.2) is 4.79 Å². The van der Waals surface area contributed by atoms with Crippen LogP contribution in [0.2, 0.25) is 0 Å². The first-order valence-electron chi connectivity index (χ1n) is 12.9. The van der Waals surface area contributed by atoms with E-state index in [1.807, 2.05) is 13.1 Å². The van der Waals surface area contributed by atoms with E-state index in [0.29, 0.717) is 37.0 Å². The quantitative estimate of drug-likeness (QED) is 0.287. The Morgan fingerprint density at radius 3 is 2.64 bits per heavy atom. The van der Waals surface area contributed by atoms with Gasteiger partial charge in [-0.3, -0.25) is 19.2 Å². The Bertz CT molecular complexity index is 1300. The second-order valence-corrected chi connectivity index (χ2v) is 10.8. The van der Waals surface area contributed by atoms with E-state index in [0.717, 1.165) is 18.1 Å². The van der Waals surface area contributed by atoms with Gasteiger partial charge in [0, 0.05) is 24.9 Å². The minimum absolute atomic E-state index is 0.179. The molecule has 1 fully saturated rings. The lowest BCUT2D eigenvalue weighted by Gasteiger charge is -2.61. The number of likely N-dealkylation sites (tertiary alicyclic amines) is 1. The van der Waals surface area contributed by atoms with Gasteiger partial charge in [-0.1, -0.05) is 6.07 Å². The normalized spacial score (nSPS) is 29.6. The van der Waals surface area contributed by atoms with Crippen LogP contribution in [0.4, 0.5) is 0 Å². The van der Waals surface area contributed by atoms with E-state index in [4.69, 9.17) is 18.9 Å². The molecular weight excluding hydrogens is 510 g/mol. The van der Waals surface area contributed by atoms with E-state index in [1.165, 1.54) is 13.8 Å². The molecule has 0 unspecified atom stereocenters. The molecule has 0 radical (unpaired) electrons. The third-order valence-electron chi connectivity index (χ3n) is 8.50. The lowest BCUT2D eigenvalue weighted by Crippen LogP contribution is -2.74. The molecule has 5 rings (SSSR count). The predicted molar refractivity (Wildman–Crippen MR) is 133 cm³/mol. The molecule has 11 nitrogen and oxygen atoms in total. The summed E-state index contributed by atoms with van der Waals surface area (Å²) in [6.45, 7) is 4.29. The molecule has 1 spiro atoms. The van der Waals surface area contributed by atoms with Crippen LogP contribution < -0.4 is 4.74 Å². The molecule has 39 heavy (non-hydrogen) atoms. The van der Waals surface area contributed by atoms with Crippen molar-refractivity contribution >= 4 is 30.0 Å². The van der Waals surface area contributed by atoms with Crippen LogP contribution in [0.3, 0.4) is 0 Å². The van der Waals surface area contributed by atoms with Crippen molar-refractivity contribution in [3.05, 3.63) is 40.7 Å². The number of carbonyl (C=O) groups excluding carboxylic acids is 5. The molecule has 11 heteroatoms. The van der Waals surface area contributed by atoms with E-state index in [1.54, 1.807) is 12.1 Å². The minimum atomic E-state index is -1.34. The second kappa shape index (κ2) is 9.56. The first-order chi connectivity index (χ1) is 18.4. The number of aliphatic hydroxyl groups is 1.